The number of nitrogens with one attached hydrogen (secondary N) is 1. The Bertz CT molecular complexity index is 743. The van der Waals surface area contributed by atoms with Crippen molar-refractivity contribution in [3.05, 3.63) is 56.0 Å². The predicted octanol–water partition coefficient (Wildman–Crippen LogP) is 5.60. The average Bonchev–Trinajstić information content (AvgIpc) is 2.65. The van der Waals surface area contributed by atoms with Crippen LogP contribution in [0.25, 0.3) is 0 Å². The molecule has 148 valence electrons. The molecule has 0 fully saturated rings. The van der Waals surface area contributed by atoms with Gasteiger partial charge >= 0.3 is 0 Å². The van der Waals surface area contributed by atoms with E-state index in [9.17, 15) is 0 Å². The monoisotopic (exact) mass is 475 g/mol. The smallest absolute Gasteiger partial charge is 0.162 e. The molecule has 7 heteroatoms. The molecule has 4 nitrogen and oxygen atoms in total. The number of unbranched alkanes of at least 4 members (excludes halogenated alkanes) is 1. The maximum Gasteiger partial charge on any atom is 0.162 e. The highest BCUT2D eigenvalue weighted by Gasteiger charge is 2.11. The topological polar surface area (TPSA) is 50.7 Å². The van der Waals surface area contributed by atoms with Crippen LogP contribution in [-0.2, 0) is 13.2 Å². The Morgan fingerprint density at radius 1 is 1.04 bits per heavy atom. The second-order valence-electron chi connectivity index (χ2n) is 5.97. The van der Waals surface area contributed by atoms with E-state index >= 15 is 0 Å². The molecule has 0 aliphatic heterocycles. The Morgan fingerprint density at radius 2 is 1.81 bits per heavy atom. The van der Waals surface area contributed by atoms with E-state index in [0.29, 0.717) is 41.3 Å². The third kappa shape index (κ3) is 7.16. The summed E-state index contributed by atoms with van der Waals surface area (Å²) >= 11 is 15.6. The molecule has 0 saturated carbocycles. The van der Waals surface area contributed by atoms with Crippen LogP contribution < -0.4 is 14.8 Å². The summed E-state index contributed by atoms with van der Waals surface area (Å²) in [5.74, 6) is 1.37. The standard InChI is InChI=1S/C20H24BrCl2NO3/c1-2-26-19-10-15(12-24-7-3-4-8-25)16(21)11-20(19)27-13-14-5-6-17(22)18(23)9-14/h5-6,9-11,24-25H,2-4,7-8,12-13H2,1H3. The number of halogens is 3. The number of rotatable bonds is 11. The zero-order valence-electron chi connectivity index (χ0n) is 15.2. The highest BCUT2D eigenvalue weighted by Crippen LogP contribution is 2.34. The van der Waals surface area contributed by atoms with Gasteiger partial charge in [-0.15, -0.1) is 0 Å². The van der Waals surface area contributed by atoms with Crippen molar-refractivity contribution in [1.29, 1.82) is 0 Å². The van der Waals surface area contributed by atoms with Crippen LogP contribution in [0.4, 0.5) is 0 Å². The zero-order chi connectivity index (χ0) is 19.6. The van der Waals surface area contributed by atoms with Crippen molar-refractivity contribution >= 4 is 39.1 Å². The van der Waals surface area contributed by atoms with Crippen LogP contribution in [0.2, 0.25) is 10.0 Å². The normalized spacial score (nSPS) is 10.9. The van der Waals surface area contributed by atoms with Gasteiger partial charge < -0.3 is 19.9 Å². The molecular formula is C20H24BrCl2NO3. The molecule has 2 rings (SSSR count). The number of aliphatic hydroxyl groups excluding tert-OH is 1. The number of aliphatic hydroxyl groups is 1. The lowest BCUT2D eigenvalue weighted by Gasteiger charge is -2.16. The maximum atomic E-state index is 8.83. The quantitative estimate of drug-likeness (QED) is 0.414. The summed E-state index contributed by atoms with van der Waals surface area (Å²) in [6.45, 7) is 4.64. The Labute approximate surface area is 178 Å². The van der Waals surface area contributed by atoms with E-state index in [0.717, 1.165) is 35.0 Å². The third-order valence-electron chi connectivity index (χ3n) is 3.87. The van der Waals surface area contributed by atoms with Crippen LogP contribution in [0.15, 0.2) is 34.8 Å². The second-order valence-corrected chi connectivity index (χ2v) is 7.64. The van der Waals surface area contributed by atoms with E-state index in [1.165, 1.54) is 0 Å². The van der Waals surface area contributed by atoms with Crippen LogP contribution in [0, 0.1) is 0 Å². The van der Waals surface area contributed by atoms with Crippen molar-refractivity contribution in [2.75, 3.05) is 19.8 Å². The van der Waals surface area contributed by atoms with Gasteiger partial charge in [0.1, 0.15) is 6.61 Å². The Kier molecular flexibility index (Phi) is 9.73. The van der Waals surface area contributed by atoms with Gasteiger partial charge in [0, 0.05) is 17.6 Å². The molecule has 0 unspecified atom stereocenters. The molecule has 0 spiro atoms. The van der Waals surface area contributed by atoms with Gasteiger partial charge in [0.2, 0.25) is 0 Å². The fourth-order valence-electron chi connectivity index (χ4n) is 2.47. The van der Waals surface area contributed by atoms with Gasteiger partial charge in [-0.05, 0) is 61.7 Å². The van der Waals surface area contributed by atoms with Crippen LogP contribution in [0.3, 0.4) is 0 Å². The molecule has 2 aromatic rings. The number of hydrogen-bond donors (Lipinski definition) is 2. The van der Waals surface area contributed by atoms with E-state index in [2.05, 4.69) is 21.2 Å². The van der Waals surface area contributed by atoms with Gasteiger partial charge in [-0.2, -0.15) is 0 Å². The molecule has 0 saturated heterocycles. The SMILES string of the molecule is CCOc1cc(CNCCCCO)c(Br)cc1OCc1ccc(Cl)c(Cl)c1. The van der Waals surface area contributed by atoms with Gasteiger partial charge in [0.05, 0.1) is 16.7 Å². The number of benzene rings is 2. The maximum absolute atomic E-state index is 8.83. The first-order valence-corrected chi connectivity index (χ1v) is 10.4. The van der Waals surface area contributed by atoms with E-state index in [-0.39, 0.29) is 6.61 Å². The van der Waals surface area contributed by atoms with Gasteiger partial charge in [-0.3, -0.25) is 0 Å². The number of ether oxygens (including phenoxy) is 2. The van der Waals surface area contributed by atoms with Crippen LogP contribution in [0.1, 0.15) is 30.9 Å². The molecule has 0 bridgehead atoms. The second kappa shape index (κ2) is 11.8. The molecule has 0 heterocycles. The minimum absolute atomic E-state index is 0.227. The summed E-state index contributed by atoms with van der Waals surface area (Å²) in [6, 6.07) is 9.34. The third-order valence-corrected chi connectivity index (χ3v) is 5.35. The summed E-state index contributed by atoms with van der Waals surface area (Å²) in [4.78, 5) is 0. The summed E-state index contributed by atoms with van der Waals surface area (Å²) in [5, 5.41) is 13.2. The molecule has 0 amide bonds. The van der Waals surface area contributed by atoms with E-state index in [1.54, 1.807) is 12.1 Å². The molecule has 0 aliphatic rings. The minimum Gasteiger partial charge on any atom is -0.490 e. The van der Waals surface area contributed by atoms with Gasteiger partial charge in [-0.1, -0.05) is 45.2 Å². The van der Waals surface area contributed by atoms with Crippen LogP contribution in [0.5, 0.6) is 11.5 Å². The molecule has 0 atom stereocenters. The molecule has 0 aromatic heterocycles. The highest BCUT2D eigenvalue weighted by molar-refractivity contribution is 9.10. The fraction of sp³-hybridized carbons (Fsp3) is 0.400. The van der Waals surface area contributed by atoms with Crippen molar-refractivity contribution in [2.45, 2.75) is 32.9 Å². The van der Waals surface area contributed by atoms with Crippen molar-refractivity contribution < 1.29 is 14.6 Å². The first-order chi connectivity index (χ1) is 13.0. The fourth-order valence-corrected chi connectivity index (χ4v) is 3.25. The summed E-state index contributed by atoms with van der Waals surface area (Å²) < 4.78 is 12.7. The average molecular weight is 477 g/mol. The van der Waals surface area contributed by atoms with E-state index < -0.39 is 0 Å². The Morgan fingerprint density at radius 3 is 2.52 bits per heavy atom. The molecule has 27 heavy (non-hydrogen) atoms. The van der Waals surface area contributed by atoms with Crippen LogP contribution >= 0.6 is 39.1 Å². The molecule has 2 aromatic carbocycles. The molecular weight excluding hydrogens is 453 g/mol. The lowest BCUT2D eigenvalue weighted by molar-refractivity contribution is 0.269. The first kappa shape index (κ1) is 22.3. The van der Waals surface area contributed by atoms with E-state index in [4.69, 9.17) is 37.8 Å². The molecule has 2 N–H and O–H groups in total. The first-order valence-electron chi connectivity index (χ1n) is 8.88. The van der Waals surface area contributed by atoms with Crippen LogP contribution in [-0.4, -0.2) is 24.9 Å². The summed E-state index contributed by atoms with van der Waals surface area (Å²) in [5.41, 5.74) is 2.02. The van der Waals surface area contributed by atoms with Crippen molar-refractivity contribution in [2.24, 2.45) is 0 Å². The summed E-state index contributed by atoms with van der Waals surface area (Å²) in [7, 11) is 0. The lowest BCUT2D eigenvalue weighted by atomic mass is 10.2. The zero-order valence-corrected chi connectivity index (χ0v) is 18.3. The van der Waals surface area contributed by atoms with Gasteiger partial charge in [0.15, 0.2) is 11.5 Å². The summed E-state index contributed by atoms with van der Waals surface area (Å²) in [6.07, 6.45) is 1.75. The molecule has 0 radical (unpaired) electrons. The number of hydrogen-bond acceptors (Lipinski definition) is 4. The van der Waals surface area contributed by atoms with Crippen molar-refractivity contribution in [3.8, 4) is 11.5 Å². The van der Waals surface area contributed by atoms with Crippen molar-refractivity contribution in [1.82, 2.24) is 5.32 Å². The van der Waals surface area contributed by atoms with Gasteiger partial charge in [-0.25, -0.2) is 0 Å². The molecule has 0 aliphatic carbocycles. The van der Waals surface area contributed by atoms with Crippen molar-refractivity contribution in [3.63, 3.8) is 0 Å². The Balaban J connectivity index is 2.06. The Hall–Kier alpha value is -0.980. The highest BCUT2D eigenvalue weighted by atomic mass is 79.9. The van der Waals surface area contributed by atoms with E-state index in [1.807, 2.05) is 25.1 Å². The van der Waals surface area contributed by atoms with Gasteiger partial charge in [0.25, 0.3) is 0 Å². The lowest BCUT2D eigenvalue weighted by Crippen LogP contribution is -2.15. The largest absolute Gasteiger partial charge is 0.490 e. The predicted molar refractivity (Wildman–Crippen MR) is 114 cm³/mol. The minimum atomic E-state index is 0.227.